The zero-order valence-electron chi connectivity index (χ0n) is 8.25. The van der Waals surface area contributed by atoms with E-state index in [2.05, 4.69) is 0 Å². The molecule has 0 aliphatic carbocycles. The average Bonchev–Trinajstić information content (AvgIpc) is 2.26. The Bertz CT molecular complexity index is 517. The fraction of sp³-hybridized carbons (Fsp3) is 0.167. The van der Waals surface area contributed by atoms with Crippen LogP contribution in [0.3, 0.4) is 0 Å². The van der Waals surface area contributed by atoms with Gasteiger partial charge in [0.2, 0.25) is 0 Å². The Labute approximate surface area is 90.1 Å². The minimum atomic E-state index is -4.35. The minimum Gasteiger partial charge on any atom is -0.392 e. The summed E-state index contributed by atoms with van der Waals surface area (Å²) in [6.07, 6.45) is -4.35. The molecule has 0 bridgehead atoms. The average molecular weight is 226 g/mol. The van der Waals surface area contributed by atoms with E-state index >= 15 is 0 Å². The van der Waals surface area contributed by atoms with Crippen LogP contribution in [-0.4, -0.2) is 5.11 Å². The van der Waals surface area contributed by atoms with Crippen LogP contribution in [0, 0.1) is 0 Å². The van der Waals surface area contributed by atoms with Gasteiger partial charge in [0.05, 0.1) is 12.2 Å². The normalized spacial score (nSPS) is 12.0. The molecular formula is C12H9F3O. The molecule has 0 atom stereocenters. The Hall–Kier alpha value is -1.55. The fourth-order valence-corrected chi connectivity index (χ4v) is 1.65. The van der Waals surface area contributed by atoms with Crippen LogP contribution < -0.4 is 0 Å². The molecule has 0 heterocycles. The molecule has 16 heavy (non-hydrogen) atoms. The van der Waals surface area contributed by atoms with Gasteiger partial charge < -0.3 is 5.11 Å². The number of aliphatic hydroxyl groups is 1. The van der Waals surface area contributed by atoms with Crippen molar-refractivity contribution in [2.45, 2.75) is 12.8 Å². The Morgan fingerprint density at radius 3 is 2.44 bits per heavy atom. The first kappa shape index (κ1) is 11.0. The van der Waals surface area contributed by atoms with Crippen LogP contribution in [0.4, 0.5) is 13.2 Å². The van der Waals surface area contributed by atoms with Gasteiger partial charge in [-0.25, -0.2) is 0 Å². The van der Waals surface area contributed by atoms with E-state index in [-0.39, 0.29) is 6.61 Å². The van der Waals surface area contributed by atoms with Crippen molar-refractivity contribution < 1.29 is 18.3 Å². The second-order valence-electron chi connectivity index (χ2n) is 3.51. The summed E-state index contributed by atoms with van der Waals surface area (Å²) in [7, 11) is 0. The summed E-state index contributed by atoms with van der Waals surface area (Å²) in [6, 6.07) is 8.57. The van der Waals surface area contributed by atoms with E-state index in [9.17, 15) is 13.2 Å². The highest BCUT2D eigenvalue weighted by molar-refractivity contribution is 5.86. The molecule has 1 nitrogen and oxygen atoms in total. The van der Waals surface area contributed by atoms with Gasteiger partial charge in [0.1, 0.15) is 0 Å². The van der Waals surface area contributed by atoms with Gasteiger partial charge in [-0.2, -0.15) is 13.2 Å². The van der Waals surface area contributed by atoms with Crippen LogP contribution >= 0.6 is 0 Å². The van der Waals surface area contributed by atoms with Crippen molar-refractivity contribution in [2.24, 2.45) is 0 Å². The monoisotopic (exact) mass is 226 g/mol. The number of alkyl halides is 3. The van der Waals surface area contributed by atoms with E-state index < -0.39 is 11.7 Å². The molecule has 0 aromatic heterocycles. The number of aliphatic hydroxyl groups excluding tert-OH is 1. The Balaban J connectivity index is 2.68. The number of rotatable bonds is 1. The van der Waals surface area contributed by atoms with Crippen molar-refractivity contribution >= 4 is 10.8 Å². The van der Waals surface area contributed by atoms with Gasteiger partial charge >= 0.3 is 6.18 Å². The summed E-state index contributed by atoms with van der Waals surface area (Å²) in [6.45, 7) is -0.265. The van der Waals surface area contributed by atoms with Crippen LogP contribution in [0.5, 0.6) is 0 Å². The van der Waals surface area contributed by atoms with Crippen LogP contribution in [-0.2, 0) is 12.8 Å². The molecule has 84 valence electrons. The maximum Gasteiger partial charge on any atom is 0.416 e. The van der Waals surface area contributed by atoms with Crippen LogP contribution in [0.2, 0.25) is 0 Å². The molecule has 0 spiro atoms. The van der Waals surface area contributed by atoms with Crippen LogP contribution in [0.15, 0.2) is 36.4 Å². The van der Waals surface area contributed by atoms with E-state index in [0.29, 0.717) is 16.3 Å². The molecule has 0 amide bonds. The SMILES string of the molecule is OCc1cccc2ccc(C(F)(F)F)cc12. The molecule has 0 saturated carbocycles. The van der Waals surface area contributed by atoms with Gasteiger partial charge in [-0.3, -0.25) is 0 Å². The minimum absolute atomic E-state index is 0.265. The van der Waals surface area contributed by atoms with E-state index in [1.807, 2.05) is 0 Å². The predicted octanol–water partition coefficient (Wildman–Crippen LogP) is 3.35. The zero-order chi connectivity index (χ0) is 11.8. The Morgan fingerprint density at radius 1 is 1.06 bits per heavy atom. The third-order valence-electron chi connectivity index (χ3n) is 2.47. The number of fused-ring (bicyclic) bond motifs is 1. The lowest BCUT2D eigenvalue weighted by molar-refractivity contribution is -0.137. The summed E-state index contributed by atoms with van der Waals surface area (Å²) < 4.78 is 37.5. The maximum absolute atomic E-state index is 12.5. The second-order valence-corrected chi connectivity index (χ2v) is 3.51. The standard InChI is InChI=1S/C12H9F3O/c13-12(14,15)10-5-4-8-2-1-3-9(7-16)11(8)6-10/h1-6,16H,7H2. The van der Waals surface area contributed by atoms with E-state index in [1.165, 1.54) is 6.07 Å². The highest BCUT2D eigenvalue weighted by atomic mass is 19.4. The largest absolute Gasteiger partial charge is 0.416 e. The summed E-state index contributed by atoms with van der Waals surface area (Å²) in [5.74, 6) is 0. The topological polar surface area (TPSA) is 20.2 Å². The Kier molecular flexibility index (Phi) is 2.59. The van der Waals surface area contributed by atoms with Gasteiger partial charge in [0.25, 0.3) is 0 Å². The molecule has 0 aliphatic heterocycles. The predicted molar refractivity (Wildman–Crippen MR) is 54.9 cm³/mol. The van der Waals surface area contributed by atoms with Crippen molar-refractivity contribution in [3.8, 4) is 0 Å². The first-order chi connectivity index (χ1) is 7.52. The van der Waals surface area contributed by atoms with Gasteiger partial charge in [-0.05, 0) is 28.5 Å². The molecule has 2 rings (SSSR count). The first-order valence-corrected chi connectivity index (χ1v) is 4.72. The van der Waals surface area contributed by atoms with Crippen molar-refractivity contribution in [3.05, 3.63) is 47.5 Å². The number of hydrogen-bond donors (Lipinski definition) is 1. The lowest BCUT2D eigenvalue weighted by atomic mass is 10.0. The van der Waals surface area contributed by atoms with E-state index in [0.717, 1.165) is 12.1 Å². The molecule has 0 unspecified atom stereocenters. The van der Waals surface area contributed by atoms with Crippen molar-refractivity contribution in [1.29, 1.82) is 0 Å². The molecular weight excluding hydrogens is 217 g/mol. The molecule has 2 aromatic rings. The molecule has 0 radical (unpaired) electrons. The quantitative estimate of drug-likeness (QED) is 0.790. The maximum atomic E-state index is 12.5. The van der Waals surface area contributed by atoms with Crippen LogP contribution in [0.1, 0.15) is 11.1 Å². The third kappa shape index (κ3) is 1.88. The van der Waals surface area contributed by atoms with E-state index in [4.69, 9.17) is 5.11 Å². The first-order valence-electron chi connectivity index (χ1n) is 4.72. The van der Waals surface area contributed by atoms with E-state index in [1.54, 1.807) is 18.2 Å². The molecule has 0 fully saturated rings. The number of halogens is 3. The Morgan fingerprint density at radius 2 is 1.81 bits per heavy atom. The molecule has 1 N–H and O–H groups in total. The molecule has 2 aromatic carbocycles. The fourth-order valence-electron chi connectivity index (χ4n) is 1.65. The zero-order valence-corrected chi connectivity index (χ0v) is 8.25. The summed E-state index contributed by atoms with van der Waals surface area (Å²) in [5.41, 5.74) is -0.190. The highest BCUT2D eigenvalue weighted by Gasteiger charge is 2.30. The summed E-state index contributed by atoms with van der Waals surface area (Å²) in [5, 5.41) is 10.2. The second kappa shape index (κ2) is 3.79. The van der Waals surface area contributed by atoms with Gasteiger partial charge in [-0.15, -0.1) is 0 Å². The van der Waals surface area contributed by atoms with Crippen LogP contribution in [0.25, 0.3) is 10.8 Å². The van der Waals surface area contributed by atoms with Crippen molar-refractivity contribution in [2.75, 3.05) is 0 Å². The number of hydrogen-bond acceptors (Lipinski definition) is 1. The van der Waals surface area contributed by atoms with Gasteiger partial charge in [-0.1, -0.05) is 24.3 Å². The van der Waals surface area contributed by atoms with Gasteiger partial charge in [0, 0.05) is 0 Å². The molecule has 4 heteroatoms. The van der Waals surface area contributed by atoms with Crippen molar-refractivity contribution in [3.63, 3.8) is 0 Å². The van der Waals surface area contributed by atoms with Gasteiger partial charge in [0.15, 0.2) is 0 Å². The smallest absolute Gasteiger partial charge is 0.392 e. The summed E-state index contributed by atoms with van der Waals surface area (Å²) in [4.78, 5) is 0. The lowest BCUT2D eigenvalue weighted by Gasteiger charge is -2.09. The summed E-state index contributed by atoms with van der Waals surface area (Å²) >= 11 is 0. The van der Waals surface area contributed by atoms with Crippen molar-refractivity contribution in [1.82, 2.24) is 0 Å². The molecule has 0 aliphatic rings. The number of benzene rings is 2. The third-order valence-corrected chi connectivity index (χ3v) is 2.47. The highest BCUT2D eigenvalue weighted by Crippen LogP contribution is 2.32. The lowest BCUT2D eigenvalue weighted by Crippen LogP contribution is -2.04. The molecule has 0 saturated heterocycles.